The van der Waals surface area contributed by atoms with Gasteiger partial charge in [-0.15, -0.1) is 11.3 Å². The average molecular weight is 279 g/mol. The predicted molar refractivity (Wildman–Crippen MR) is 80.8 cm³/mol. The Morgan fingerprint density at radius 3 is 2.89 bits per heavy atom. The Hall–Kier alpha value is -0.450. The predicted octanol–water partition coefficient (Wildman–Crippen LogP) is 2.55. The van der Waals surface area contributed by atoms with Gasteiger partial charge in [-0.2, -0.15) is 0 Å². The Labute approximate surface area is 120 Å². The number of likely N-dealkylation sites (N-methyl/N-ethyl adjacent to an activating group) is 1. The van der Waals surface area contributed by atoms with Crippen LogP contribution in [0.1, 0.15) is 49.2 Å². The SMILES string of the molecule is CCNC1(c2nc3c(s2)CCC3)CCN(C(C)C)C1. The van der Waals surface area contributed by atoms with E-state index in [1.165, 1.54) is 42.9 Å². The third-order valence-corrected chi connectivity index (χ3v) is 5.91. The van der Waals surface area contributed by atoms with Crippen LogP contribution in [0.2, 0.25) is 0 Å². The molecule has 3 nitrogen and oxygen atoms in total. The molecule has 0 amide bonds. The first kappa shape index (κ1) is 13.5. The third kappa shape index (κ3) is 2.34. The molecular weight excluding hydrogens is 254 g/mol. The Bertz CT molecular complexity index is 433. The van der Waals surface area contributed by atoms with Crippen molar-refractivity contribution >= 4 is 11.3 Å². The molecule has 19 heavy (non-hydrogen) atoms. The Kier molecular flexibility index (Phi) is 3.67. The Morgan fingerprint density at radius 1 is 1.42 bits per heavy atom. The fourth-order valence-corrected chi connectivity index (χ4v) is 4.74. The largest absolute Gasteiger partial charge is 0.305 e. The minimum absolute atomic E-state index is 0.119. The first-order chi connectivity index (χ1) is 9.14. The zero-order valence-corrected chi connectivity index (χ0v) is 13.1. The van der Waals surface area contributed by atoms with Crippen molar-refractivity contribution in [1.29, 1.82) is 0 Å². The first-order valence-electron chi connectivity index (χ1n) is 7.63. The van der Waals surface area contributed by atoms with Gasteiger partial charge in [-0.05, 0) is 46.1 Å². The van der Waals surface area contributed by atoms with Gasteiger partial charge in [-0.3, -0.25) is 4.90 Å². The summed E-state index contributed by atoms with van der Waals surface area (Å²) in [6.45, 7) is 10.1. The molecule has 1 aliphatic heterocycles. The lowest BCUT2D eigenvalue weighted by atomic mass is 9.99. The number of aromatic nitrogens is 1. The van der Waals surface area contributed by atoms with Crippen LogP contribution in [0.5, 0.6) is 0 Å². The van der Waals surface area contributed by atoms with Crippen LogP contribution in [0.25, 0.3) is 0 Å². The standard InChI is InChI=1S/C15H25N3S/c1-4-16-15(8-9-18(10-15)11(2)3)14-17-12-6-5-7-13(12)19-14/h11,16H,4-10H2,1-3H3. The van der Waals surface area contributed by atoms with Gasteiger partial charge in [-0.25, -0.2) is 4.98 Å². The van der Waals surface area contributed by atoms with Gasteiger partial charge in [0.25, 0.3) is 0 Å². The number of nitrogens with one attached hydrogen (secondary N) is 1. The van der Waals surface area contributed by atoms with Gasteiger partial charge >= 0.3 is 0 Å². The molecule has 0 saturated carbocycles. The summed E-state index contributed by atoms with van der Waals surface area (Å²) in [4.78, 5) is 9.12. The molecule has 3 rings (SSSR count). The van der Waals surface area contributed by atoms with Gasteiger partial charge in [0, 0.05) is 24.0 Å². The van der Waals surface area contributed by atoms with Crippen LogP contribution in [-0.4, -0.2) is 35.6 Å². The molecule has 106 valence electrons. The van der Waals surface area contributed by atoms with Gasteiger partial charge in [-0.1, -0.05) is 6.92 Å². The molecular formula is C15H25N3S. The van der Waals surface area contributed by atoms with Gasteiger partial charge in [0.2, 0.25) is 0 Å². The number of thiazole rings is 1. The average Bonchev–Trinajstić information content (AvgIpc) is 3.01. The van der Waals surface area contributed by atoms with Crippen LogP contribution in [0.15, 0.2) is 0 Å². The van der Waals surface area contributed by atoms with E-state index in [0.717, 1.165) is 13.1 Å². The van der Waals surface area contributed by atoms with Crippen LogP contribution < -0.4 is 5.32 Å². The summed E-state index contributed by atoms with van der Waals surface area (Å²) in [6, 6.07) is 0.632. The van der Waals surface area contributed by atoms with E-state index in [4.69, 9.17) is 4.98 Å². The maximum Gasteiger partial charge on any atom is 0.115 e. The second kappa shape index (κ2) is 5.15. The van der Waals surface area contributed by atoms with Gasteiger partial charge in [0.15, 0.2) is 0 Å². The van der Waals surface area contributed by atoms with Gasteiger partial charge < -0.3 is 5.32 Å². The number of aryl methyl sites for hydroxylation is 2. The molecule has 1 saturated heterocycles. The lowest BCUT2D eigenvalue weighted by Crippen LogP contribution is -2.45. The van der Waals surface area contributed by atoms with E-state index in [2.05, 4.69) is 31.0 Å². The van der Waals surface area contributed by atoms with E-state index in [1.807, 2.05) is 11.3 Å². The quantitative estimate of drug-likeness (QED) is 0.918. The fraction of sp³-hybridized carbons (Fsp3) is 0.800. The minimum atomic E-state index is 0.119. The Morgan fingerprint density at radius 2 is 2.26 bits per heavy atom. The number of hydrogen-bond donors (Lipinski definition) is 1. The topological polar surface area (TPSA) is 28.2 Å². The van der Waals surface area contributed by atoms with E-state index >= 15 is 0 Å². The maximum atomic E-state index is 4.99. The smallest absolute Gasteiger partial charge is 0.115 e. The highest BCUT2D eigenvalue weighted by molar-refractivity contribution is 7.12. The molecule has 2 aliphatic rings. The van der Waals surface area contributed by atoms with Crippen molar-refractivity contribution in [2.45, 2.75) is 58.0 Å². The maximum absolute atomic E-state index is 4.99. The van der Waals surface area contributed by atoms with Gasteiger partial charge in [0.05, 0.1) is 11.2 Å². The molecule has 1 aromatic rings. The molecule has 1 unspecified atom stereocenters. The van der Waals surface area contributed by atoms with Crippen LogP contribution in [0.3, 0.4) is 0 Å². The molecule has 1 N–H and O–H groups in total. The second-order valence-corrected chi connectivity index (χ2v) is 7.25. The van der Waals surface area contributed by atoms with E-state index in [9.17, 15) is 0 Å². The van der Waals surface area contributed by atoms with Crippen molar-refractivity contribution in [2.75, 3.05) is 19.6 Å². The first-order valence-corrected chi connectivity index (χ1v) is 8.44. The third-order valence-electron chi connectivity index (χ3n) is 4.55. The zero-order chi connectivity index (χ0) is 13.5. The highest BCUT2D eigenvalue weighted by Gasteiger charge is 2.42. The Balaban J connectivity index is 1.88. The highest BCUT2D eigenvalue weighted by Crippen LogP contribution is 2.38. The molecule has 0 aromatic carbocycles. The van der Waals surface area contributed by atoms with Crippen molar-refractivity contribution < 1.29 is 0 Å². The van der Waals surface area contributed by atoms with E-state index in [-0.39, 0.29) is 5.54 Å². The van der Waals surface area contributed by atoms with Gasteiger partial charge in [0.1, 0.15) is 5.01 Å². The number of nitrogens with zero attached hydrogens (tertiary/aromatic N) is 2. The summed E-state index contributed by atoms with van der Waals surface area (Å²) in [5.41, 5.74) is 1.51. The molecule has 2 heterocycles. The van der Waals surface area contributed by atoms with Crippen LogP contribution in [-0.2, 0) is 18.4 Å². The lowest BCUT2D eigenvalue weighted by Gasteiger charge is -2.29. The number of fused-ring (bicyclic) bond motifs is 1. The normalized spacial score (nSPS) is 27.4. The molecule has 1 atom stereocenters. The molecule has 1 aromatic heterocycles. The van der Waals surface area contributed by atoms with E-state index in [1.54, 1.807) is 4.88 Å². The van der Waals surface area contributed by atoms with E-state index < -0.39 is 0 Å². The van der Waals surface area contributed by atoms with Crippen molar-refractivity contribution in [1.82, 2.24) is 15.2 Å². The second-order valence-electron chi connectivity index (χ2n) is 6.17. The fourth-order valence-electron chi connectivity index (χ4n) is 3.41. The summed E-state index contributed by atoms with van der Waals surface area (Å²) in [5.74, 6) is 0. The van der Waals surface area contributed by atoms with Crippen molar-refractivity contribution in [3.63, 3.8) is 0 Å². The van der Waals surface area contributed by atoms with Crippen molar-refractivity contribution in [2.24, 2.45) is 0 Å². The summed E-state index contributed by atoms with van der Waals surface area (Å²) in [7, 11) is 0. The molecule has 0 spiro atoms. The lowest BCUT2D eigenvalue weighted by molar-refractivity contribution is 0.241. The molecule has 0 radical (unpaired) electrons. The van der Waals surface area contributed by atoms with E-state index in [0.29, 0.717) is 6.04 Å². The van der Waals surface area contributed by atoms with Crippen molar-refractivity contribution in [3.8, 4) is 0 Å². The number of rotatable bonds is 4. The highest BCUT2D eigenvalue weighted by atomic mass is 32.1. The molecule has 4 heteroatoms. The molecule has 0 bridgehead atoms. The number of likely N-dealkylation sites (tertiary alicyclic amines) is 1. The minimum Gasteiger partial charge on any atom is -0.305 e. The summed E-state index contributed by atoms with van der Waals surface area (Å²) >= 11 is 1.97. The van der Waals surface area contributed by atoms with Crippen LogP contribution in [0, 0.1) is 0 Å². The monoisotopic (exact) mass is 279 g/mol. The van der Waals surface area contributed by atoms with Crippen molar-refractivity contribution in [3.05, 3.63) is 15.6 Å². The van der Waals surface area contributed by atoms with Crippen LogP contribution >= 0.6 is 11.3 Å². The summed E-state index contributed by atoms with van der Waals surface area (Å²) in [6.07, 6.45) is 4.96. The van der Waals surface area contributed by atoms with Crippen LogP contribution in [0.4, 0.5) is 0 Å². The molecule has 1 aliphatic carbocycles. The summed E-state index contributed by atoms with van der Waals surface area (Å²) < 4.78 is 0. The summed E-state index contributed by atoms with van der Waals surface area (Å²) in [5, 5.41) is 5.10. The zero-order valence-electron chi connectivity index (χ0n) is 12.3. The number of hydrogen-bond acceptors (Lipinski definition) is 4. The molecule has 1 fully saturated rings.